The van der Waals surface area contributed by atoms with Crippen LogP contribution in [0.15, 0.2) is 75.8 Å². The maximum absolute atomic E-state index is 13.8. The summed E-state index contributed by atoms with van der Waals surface area (Å²) in [5.41, 5.74) is 8.22. The van der Waals surface area contributed by atoms with Crippen molar-refractivity contribution >= 4 is 17.4 Å². The number of fused-ring (bicyclic) bond motifs is 1. The summed E-state index contributed by atoms with van der Waals surface area (Å²) in [4.78, 5) is 43.4. The predicted octanol–water partition coefficient (Wildman–Crippen LogP) is 3.39. The lowest BCUT2D eigenvalue weighted by Gasteiger charge is -2.27. The third-order valence-electron chi connectivity index (χ3n) is 6.90. The van der Waals surface area contributed by atoms with Crippen LogP contribution in [0.5, 0.6) is 5.75 Å². The first-order valence-electron chi connectivity index (χ1n) is 12.4. The average molecular weight is 487 g/mol. The molecule has 36 heavy (non-hydrogen) atoms. The summed E-state index contributed by atoms with van der Waals surface area (Å²) in [6.45, 7) is 0.450. The summed E-state index contributed by atoms with van der Waals surface area (Å²) >= 11 is 0. The summed E-state index contributed by atoms with van der Waals surface area (Å²) in [5.74, 6) is 0.292. The number of hydrogen-bond acceptors (Lipinski definition) is 5. The van der Waals surface area contributed by atoms with E-state index in [4.69, 9.17) is 10.5 Å². The number of carbonyl (C=O) groups is 1. The van der Waals surface area contributed by atoms with E-state index in [1.54, 1.807) is 0 Å². The maximum Gasteiger partial charge on any atom is 0.330 e. The molecule has 0 fully saturated rings. The maximum atomic E-state index is 13.8. The third-order valence-corrected chi connectivity index (χ3v) is 6.90. The molecular formula is C28H30N4O4. The average Bonchev–Trinajstić information content (AvgIpc) is 3.34. The van der Waals surface area contributed by atoms with Gasteiger partial charge in [-0.1, -0.05) is 60.2 Å². The first-order valence-corrected chi connectivity index (χ1v) is 12.4. The van der Waals surface area contributed by atoms with Gasteiger partial charge in [0.05, 0.1) is 6.54 Å². The van der Waals surface area contributed by atoms with Crippen molar-refractivity contribution in [3.8, 4) is 5.75 Å². The van der Waals surface area contributed by atoms with Crippen molar-refractivity contribution in [2.24, 2.45) is 0 Å². The molecule has 5 rings (SSSR count). The summed E-state index contributed by atoms with van der Waals surface area (Å²) in [6.07, 6.45) is 6.77. The number of nitrogen functional groups attached to an aromatic ring is 1. The van der Waals surface area contributed by atoms with Crippen molar-refractivity contribution in [2.75, 3.05) is 17.2 Å². The van der Waals surface area contributed by atoms with Crippen molar-refractivity contribution in [3.63, 3.8) is 0 Å². The van der Waals surface area contributed by atoms with Crippen molar-refractivity contribution in [1.82, 2.24) is 9.55 Å². The van der Waals surface area contributed by atoms with E-state index in [2.05, 4.69) is 11.1 Å². The smallest absolute Gasteiger partial charge is 0.330 e. The molecule has 2 aliphatic rings. The van der Waals surface area contributed by atoms with E-state index in [9.17, 15) is 14.4 Å². The number of hydrogen-bond donors (Lipinski definition) is 2. The number of nitrogens with one attached hydrogen (secondary N) is 1. The Hall–Kier alpha value is -4.07. The number of para-hydroxylation sites is 1. The number of carbonyl (C=O) groups excluding carboxylic acids is 1. The van der Waals surface area contributed by atoms with Gasteiger partial charge in [-0.2, -0.15) is 0 Å². The van der Waals surface area contributed by atoms with Crippen LogP contribution >= 0.6 is 0 Å². The van der Waals surface area contributed by atoms with Crippen LogP contribution in [0.1, 0.15) is 43.2 Å². The molecule has 1 atom stereocenters. The molecule has 0 saturated heterocycles. The minimum Gasteiger partial charge on any atom is -0.480 e. The highest BCUT2D eigenvalue weighted by molar-refractivity contribution is 5.99. The van der Waals surface area contributed by atoms with Crippen molar-refractivity contribution in [3.05, 3.63) is 98.2 Å². The summed E-state index contributed by atoms with van der Waals surface area (Å²) < 4.78 is 7.27. The quantitative estimate of drug-likeness (QED) is 0.498. The van der Waals surface area contributed by atoms with Crippen molar-refractivity contribution in [1.29, 1.82) is 0 Å². The van der Waals surface area contributed by atoms with Gasteiger partial charge in [-0.3, -0.25) is 19.1 Å². The Bertz CT molecular complexity index is 1380. The lowest BCUT2D eigenvalue weighted by molar-refractivity contribution is -0.124. The van der Waals surface area contributed by atoms with Gasteiger partial charge in [0.15, 0.2) is 11.8 Å². The van der Waals surface area contributed by atoms with E-state index >= 15 is 0 Å². The molecular weight excluding hydrogens is 456 g/mol. The highest BCUT2D eigenvalue weighted by Crippen LogP contribution is 2.31. The number of anilines is 2. The number of aromatic amines is 1. The highest BCUT2D eigenvalue weighted by atomic mass is 16.5. The molecule has 1 aliphatic heterocycles. The van der Waals surface area contributed by atoms with Gasteiger partial charge in [0.25, 0.3) is 11.5 Å². The molecule has 3 N–H and O–H groups in total. The number of allylic oxidation sites excluding steroid dienone is 1. The largest absolute Gasteiger partial charge is 0.480 e. The Morgan fingerprint density at radius 3 is 2.61 bits per heavy atom. The van der Waals surface area contributed by atoms with E-state index in [1.165, 1.54) is 15.0 Å². The second-order valence-electron chi connectivity index (χ2n) is 9.33. The lowest BCUT2D eigenvalue weighted by atomic mass is 9.97. The fourth-order valence-electron chi connectivity index (χ4n) is 4.97. The molecule has 8 heteroatoms. The van der Waals surface area contributed by atoms with Crippen molar-refractivity contribution < 1.29 is 9.53 Å². The van der Waals surface area contributed by atoms with E-state index in [1.807, 2.05) is 54.6 Å². The van der Waals surface area contributed by atoms with Crippen LogP contribution < -0.4 is 26.6 Å². The molecule has 0 saturated carbocycles. The third kappa shape index (κ3) is 4.84. The number of amides is 1. The van der Waals surface area contributed by atoms with Crippen LogP contribution in [0, 0.1) is 0 Å². The first kappa shape index (κ1) is 23.7. The molecule has 2 aromatic carbocycles. The summed E-state index contributed by atoms with van der Waals surface area (Å²) in [6, 6.07) is 16.9. The molecule has 2 heterocycles. The van der Waals surface area contributed by atoms with Gasteiger partial charge < -0.3 is 15.4 Å². The normalized spacial score (nSPS) is 16.7. The number of aromatic nitrogens is 2. The van der Waals surface area contributed by atoms with Gasteiger partial charge in [0.2, 0.25) is 0 Å². The topological polar surface area (TPSA) is 110 Å². The molecule has 0 radical (unpaired) electrons. The molecule has 1 aromatic heterocycles. The van der Waals surface area contributed by atoms with Crippen LogP contribution in [0.4, 0.5) is 11.5 Å². The number of ether oxygens (including phenoxy) is 1. The molecule has 1 aliphatic carbocycles. The molecule has 186 valence electrons. The zero-order valence-corrected chi connectivity index (χ0v) is 20.1. The Morgan fingerprint density at radius 2 is 1.86 bits per heavy atom. The van der Waals surface area contributed by atoms with E-state index in [0.29, 0.717) is 18.6 Å². The van der Waals surface area contributed by atoms with Crippen LogP contribution in [0.25, 0.3) is 0 Å². The van der Waals surface area contributed by atoms with Crippen LogP contribution in [0.2, 0.25) is 0 Å². The molecule has 8 nitrogen and oxygen atoms in total. The standard InChI is InChI=1S/C28H30N4O4/c29-25-24(26(33)30-28(35)32(25)18-20-11-5-2-6-12-20)31(16-15-19-9-3-1-4-10-19)27(34)23-17-21-13-7-8-14-22(21)36-23/h2,5-9,11-14,23H,1,3-4,10,15-18,29H2,(H,30,33,35). The molecule has 0 bridgehead atoms. The van der Waals surface area contributed by atoms with Crippen molar-refractivity contribution in [2.45, 2.75) is 51.2 Å². The predicted molar refractivity (Wildman–Crippen MR) is 139 cm³/mol. The number of rotatable bonds is 7. The molecule has 3 aromatic rings. The fourth-order valence-corrected chi connectivity index (χ4v) is 4.97. The minimum atomic E-state index is -0.768. The van der Waals surface area contributed by atoms with Crippen LogP contribution in [0.3, 0.4) is 0 Å². The van der Waals surface area contributed by atoms with E-state index in [0.717, 1.165) is 36.8 Å². The molecule has 1 amide bonds. The monoisotopic (exact) mass is 486 g/mol. The zero-order chi connectivity index (χ0) is 25.1. The Morgan fingerprint density at radius 1 is 1.08 bits per heavy atom. The molecule has 0 spiro atoms. The Kier molecular flexibility index (Phi) is 6.75. The summed E-state index contributed by atoms with van der Waals surface area (Å²) in [5, 5.41) is 0. The van der Waals surface area contributed by atoms with Gasteiger partial charge in [0, 0.05) is 13.0 Å². The van der Waals surface area contributed by atoms with Gasteiger partial charge in [-0.05, 0) is 49.3 Å². The summed E-state index contributed by atoms with van der Waals surface area (Å²) in [7, 11) is 0. The number of benzene rings is 2. The zero-order valence-electron chi connectivity index (χ0n) is 20.1. The first-order chi connectivity index (χ1) is 17.5. The second-order valence-corrected chi connectivity index (χ2v) is 9.33. The number of nitrogens with two attached hydrogens (primary N) is 1. The number of H-pyrrole nitrogens is 1. The van der Waals surface area contributed by atoms with Gasteiger partial charge in [0.1, 0.15) is 11.6 Å². The SMILES string of the molecule is Nc1c(N(CCC2=CCCCC2)C(=O)C2Cc3ccccc3O2)c(=O)[nH]c(=O)n1Cc1ccccc1. The minimum absolute atomic E-state index is 0.00787. The molecule has 1 unspecified atom stereocenters. The lowest BCUT2D eigenvalue weighted by Crippen LogP contribution is -2.47. The van der Waals surface area contributed by atoms with Crippen LogP contribution in [-0.4, -0.2) is 28.1 Å². The van der Waals surface area contributed by atoms with Crippen LogP contribution in [-0.2, 0) is 17.8 Å². The van der Waals surface area contributed by atoms with Gasteiger partial charge in [-0.15, -0.1) is 0 Å². The van der Waals surface area contributed by atoms with E-state index in [-0.39, 0.29) is 30.5 Å². The fraction of sp³-hybridized carbons (Fsp3) is 0.321. The Balaban J connectivity index is 1.51. The Labute approximate surface area is 209 Å². The van der Waals surface area contributed by atoms with Gasteiger partial charge in [-0.25, -0.2) is 4.79 Å². The second kappa shape index (κ2) is 10.3. The van der Waals surface area contributed by atoms with Gasteiger partial charge >= 0.3 is 5.69 Å². The van der Waals surface area contributed by atoms with E-state index < -0.39 is 17.4 Å². The highest BCUT2D eigenvalue weighted by Gasteiger charge is 2.35. The number of nitrogens with zero attached hydrogens (tertiary/aromatic N) is 2.